The number of amidine groups is 1. The highest BCUT2D eigenvalue weighted by Crippen LogP contribution is 2.23. The molecule has 0 saturated carbocycles. The lowest BCUT2D eigenvalue weighted by molar-refractivity contribution is 0.211. The van der Waals surface area contributed by atoms with E-state index in [1.54, 1.807) is 6.20 Å². The Morgan fingerprint density at radius 1 is 1.48 bits per heavy atom. The highest BCUT2D eigenvalue weighted by Gasteiger charge is 2.27. The Kier molecular flexibility index (Phi) is 5.58. The maximum atomic E-state index is 8.92. The van der Waals surface area contributed by atoms with E-state index in [0.29, 0.717) is 5.02 Å². The number of aromatic nitrogens is 2. The number of nitrogens with zero attached hydrogens (tertiary/aromatic N) is 5. The van der Waals surface area contributed by atoms with E-state index < -0.39 is 0 Å². The maximum Gasteiger partial charge on any atom is 0.156 e. The number of rotatable bonds is 5. The van der Waals surface area contributed by atoms with E-state index in [2.05, 4.69) is 31.8 Å². The van der Waals surface area contributed by atoms with Crippen LogP contribution in [0.2, 0.25) is 5.02 Å². The van der Waals surface area contributed by atoms with Gasteiger partial charge in [0.15, 0.2) is 11.7 Å². The third-order valence-electron chi connectivity index (χ3n) is 3.72. The number of oxime groups is 1. The quantitative estimate of drug-likeness (QED) is 0.367. The number of piperazine rings is 1. The average molecular weight is 313 g/mol. The molecule has 1 fully saturated rings. The molecule has 21 heavy (non-hydrogen) atoms. The van der Waals surface area contributed by atoms with Crippen molar-refractivity contribution in [2.45, 2.75) is 25.8 Å². The largest absolute Gasteiger partial charge is 0.409 e. The maximum absolute atomic E-state index is 8.92. The lowest BCUT2D eigenvalue weighted by Gasteiger charge is -2.39. The molecule has 1 aromatic rings. The molecule has 8 heteroatoms. The molecule has 7 nitrogen and oxygen atoms in total. The molecule has 0 bridgehead atoms. The standard InChI is InChI=1S/C13H21ClN6O/c1-2-3-11(12(15)18-21)19-4-6-20(7-5-19)13-10(14)8-16-9-17-13/h8-9,11,21H,2-7H2,1H3,(H2,15,18). The van der Waals surface area contributed by atoms with Crippen molar-refractivity contribution < 1.29 is 5.21 Å². The molecule has 0 spiro atoms. The van der Waals surface area contributed by atoms with Crippen LogP contribution in [0.25, 0.3) is 0 Å². The minimum absolute atomic E-state index is 0.0111. The highest BCUT2D eigenvalue weighted by atomic mass is 35.5. The zero-order chi connectivity index (χ0) is 15.2. The Balaban J connectivity index is 2.01. The Bertz CT molecular complexity index is 489. The average Bonchev–Trinajstić information content (AvgIpc) is 2.53. The molecule has 1 aliphatic heterocycles. The molecular weight excluding hydrogens is 292 g/mol. The van der Waals surface area contributed by atoms with E-state index in [0.717, 1.165) is 44.8 Å². The van der Waals surface area contributed by atoms with Gasteiger partial charge in [-0.15, -0.1) is 0 Å². The van der Waals surface area contributed by atoms with Gasteiger partial charge >= 0.3 is 0 Å². The second kappa shape index (κ2) is 7.42. The van der Waals surface area contributed by atoms with Crippen LogP contribution in [-0.2, 0) is 0 Å². The van der Waals surface area contributed by atoms with E-state index in [1.807, 2.05) is 0 Å². The first-order valence-corrected chi connectivity index (χ1v) is 7.47. The summed E-state index contributed by atoms with van der Waals surface area (Å²) in [6.45, 7) is 5.34. The van der Waals surface area contributed by atoms with Crippen molar-refractivity contribution >= 4 is 23.3 Å². The van der Waals surface area contributed by atoms with Gasteiger partial charge in [-0.1, -0.05) is 30.1 Å². The second-order valence-electron chi connectivity index (χ2n) is 5.05. The normalized spacial score (nSPS) is 18.8. The van der Waals surface area contributed by atoms with Gasteiger partial charge in [0.1, 0.15) is 11.3 Å². The summed E-state index contributed by atoms with van der Waals surface area (Å²) in [5.74, 6) is 1.05. The van der Waals surface area contributed by atoms with Gasteiger partial charge in [0.2, 0.25) is 0 Å². The molecule has 3 N–H and O–H groups in total. The first-order chi connectivity index (χ1) is 10.2. The van der Waals surface area contributed by atoms with E-state index in [4.69, 9.17) is 22.5 Å². The van der Waals surface area contributed by atoms with E-state index in [1.165, 1.54) is 6.33 Å². The van der Waals surface area contributed by atoms with Gasteiger partial charge in [-0.05, 0) is 6.42 Å². The van der Waals surface area contributed by atoms with E-state index in [9.17, 15) is 0 Å². The molecule has 1 saturated heterocycles. The van der Waals surface area contributed by atoms with Gasteiger partial charge in [0.25, 0.3) is 0 Å². The number of hydrogen-bond acceptors (Lipinski definition) is 6. The van der Waals surface area contributed by atoms with Gasteiger partial charge < -0.3 is 15.8 Å². The fourth-order valence-electron chi connectivity index (χ4n) is 2.64. The van der Waals surface area contributed by atoms with Crippen LogP contribution in [0.15, 0.2) is 17.7 Å². The number of halogens is 1. The first-order valence-electron chi connectivity index (χ1n) is 7.09. The number of anilines is 1. The molecule has 116 valence electrons. The summed E-state index contributed by atoms with van der Waals surface area (Å²) in [5, 5.41) is 12.7. The zero-order valence-electron chi connectivity index (χ0n) is 12.1. The van der Waals surface area contributed by atoms with Gasteiger partial charge in [-0.2, -0.15) is 0 Å². The monoisotopic (exact) mass is 312 g/mol. The Morgan fingerprint density at radius 3 is 2.76 bits per heavy atom. The molecule has 1 unspecified atom stereocenters. The summed E-state index contributed by atoms with van der Waals surface area (Å²) in [4.78, 5) is 12.5. The summed E-state index contributed by atoms with van der Waals surface area (Å²) >= 11 is 6.13. The molecule has 2 rings (SSSR count). The molecular formula is C13H21ClN6O. The molecule has 1 aliphatic rings. The van der Waals surface area contributed by atoms with Crippen molar-refractivity contribution in [2.24, 2.45) is 10.9 Å². The fourth-order valence-corrected chi connectivity index (χ4v) is 2.87. The van der Waals surface area contributed by atoms with Crippen molar-refractivity contribution in [1.29, 1.82) is 0 Å². The topological polar surface area (TPSA) is 90.9 Å². The van der Waals surface area contributed by atoms with Gasteiger partial charge in [0, 0.05) is 26.2 Å². The molecule has 1 aromatic heterocycles. The molecule has 0 aromatic carbocycles. The zero-order valence-corrected chi connectivity index (χ0v) is 12.9. The summed E-state index contributed by atoms with van der Waals surface area (Å²) in [6, 6.07) is -0.0111. The molecule has 0 radical (unpaired) electrons. The molecule has 0 aliphatic carbocycles. The summed E-state index contributed by atoms with van der Waals surface area (Å²) in [5.41, 5.74) is 5.81. The van der Waals surface area contributed by atoms with Gasteiger partial charge in [0.05, 0.1) is 12.2 Å². The van der Waals surface area contributed by atoms with Crippen molar-refractivity contribution in [3.05, 3.63) is 17.5 Å². The second-order valence-corrected chi connectivity index (χ2v) is 5.45. The smallest absolute Gasteiger partial charge is 0.156 e. The summed E-state index contributed by atoms with van der Waals surface area (Å²) < 4.78 is 0. The van der Waals surface area contributed by atoms with Crippen LogP contribution >= 0.6 is 11.6 Å². The van der Waals surface area contributed by atoms with Crippen molar-refractivity contribution in [3.63, 3.8) is 0 Å². The third kappa shape index (κ3) is 3.74. The fraction of sp³-hybridized carbons (Fsp3) is 0.615. The van der Waals surface area contributed by atoms with Crippen molar-refractivity contribution in [2.75, 3.05) is 31.1 Å². The predicted molar refractivity (Wildman–Crippen MR) is 82.9 cm³/mol. The first kappa shape index (κ1) is 15.8. The van der Waals surface area contributed by atoms with Crippen LogP contribution in [0.3, 0.4) is 0 Å². The minimum Gasteiger partial charge on any atom is -0.409 e. The van der Waals surface area contributed by atoms with Crippen LogP contribution < -0.4 is 10.6 Å². The predicted octanol–water partition coefficient (Wildman–Crippen LogP) is 1.17. The number of nitrogens with two attached hydrogens (primary N) is 1. The Morgan fingerprint density at radius 2 is 2.19 bits per heavy atom. The van der Waals surface area contributed by atoms with Crippen molar-refractivity contribution in [3.8, 4) is 0 Å². The van der Waals surface area contributed by atoms with Crippen LogP contribution in [-0.4, -0.2) is 58.1 Å². The van der Waals surface area contributed by atoms with Gasteiger partial charge in [-0.25, -0.2) is 9.97 Å². The summed E-state index contributed by atoms with van der Waals surface area (Å²) in [6.07, 6.45) is 4.97. The molecule has 0 amide bonds. The molecule has 2 heterocycles. The van der Waals surface area contributed by atoms with Crippen LogP contribution in [0, 0.1) is 0 Å². The van der Waals surface area contributed by atoms with Crippen molar-refractivity contribution in [1.82, 2.24) is 14.9 Å². The third-order valence-corrected chi connectivity index (χ3v) is 3.99. The lowest BCUT2D eigenvalue weighted by atomic mass is 10.1. The summed E-state index contributed by atoms with van der Waals surface area (Å²) in [7, 11) is 0. The van der Waals surface area contributed by atoms with Crippen LogP contribution in [0.4, 0.5) is 5.82 Å². The van der Waals surface area contributed by atoms with Crippen LogP contribution in [0.5, 0.6) is 0 Å². The highest BCUT2D eigenvalue weighted by molar-refractivity contribution is 6.32. The minimum atomic E-state index is -0.0111. The Labute approximate surface area is 129 Å². The Hall–Kier alpha value is -1.60. The number of hydrogen-bond donors (Lipinski definition) is 2. The van der Waals surface area contributed by atoms with Crippen LogP contribution in [0.1, 0.15) is 19.8 Å². The van der Waals surface area contributed by atoms with E-state index in [-0.39, 0.29) is 11.9 Å². The van der Waals surface area contributed by atoms with Gasteiger partial charge in [-0.3, -0.25) is 4.90 Å². The SMILES string of the molecule is CCCC(C(N)=NO)N1CCN(c2ncncc2Cl)CC1. The lowest BCUT2D eigenvalue weighted by Crippen LogP contribution is -2.54. The van der Waals surface area contributed by atoms with E-state index >= 15 is 0 Å². The molecule has 1 atom stereocenters.